The highest BCUT2D eigenvalue weighted by molar-refractivity contribution is 5.25. The van der Waals surface area contributed by atoms with Crippen molar-refractivity contribution in [1.82, 2.24) is 0 Å². The average molecular weight is 331 g/mol. The van der Waals surface area contributed by atoms with Crippen molar-refractivity contribution in [3.63, 3.8) is 0 Å². The molecule has 4 aliphatic carbocycles. The molecular weight excluding hydrogens is 296 g/mol. The number of rotatable bonds is 2. The summed E-state index contributed by atoms with van der Waals surface area (Å²) in [7, 11) is 1.89. The minimum absolute atomic E-state index is 0.466. The molecule has 2 nitrogen and oxygen atoms in total. The molecule has 0 bridgehead atoms. The van der Waals surface area contributed by atoms with E-state index in [0.29, 0.717) is 23.0 Å². The molecule has 2 heteroatoms. The third kappa shape index (κ3) is 2.08. The third-order valence-corrected chi connectivity index (χ3v) is 9.27. The molecule has 8 atom stereocenters. The number of methoxy groups -OCH3 is 1. The Morgan fingerprint density at radius 3 is 2.58 bits per heavy atom. The van der Waals surface area contributed by atoms with Gasteiger partial charge in [-0.15, -0.1) is 0 Å². The van der Waals surface area contributed by atoms with Gasteiger partial charge in [0.15, 0.2) is 0 Å². The minimum Gasteiger partial charge on any atom is -0.381 e. The van der Waals surface area contributed by atoms with Gasteiger partial charge in [-0.25, -0.2) is 0 Å². The van der Waals surface area contributed by atoms with Crippen LogP contribution in [0.25, 0.3) is 0 Å². The summed E-state index contributed by atoms with van der Waals surface area (Å²) in [6, 6.07) is 0. The molecule has 4 fully saturated rings. The summed E-state index contributed by atoms with van der Waals surface area (Å²) in [5, 5.41) is 0. The van der Waals surface area contributed by atoms with Crippen LogP contribution in [0.2, 0.25) is 0 Å². The Balaban J connectivity index is 1.44. The zero-order chi connectivity index (χ0) is 16.5. The summed E-state index contributed by atoms with van der Waals surface area (Å²) in [5.74, 6) is 3.65. The Morgan fingerprint density at radius 2 is 1.83 bits per heavy atom. The molecule has 0 aromatic heterocycles. The first-order chi connectivity index (χ1) is 11.6. The van der Waals surface area contributed by atoms with Crippen molar-refractivity contribution in [3.05, 3.63) is 11.6 Å². The predicted molar refractivity (Wildman–Crippen MR) is 95.7 cm³/mol. The van der Waals surface area contributed by atoms with Gasteiger partial charge >= 0.3 is 0 Å². The van der Waals surface area contributed by atoms with Crippen LogP contribution >= 0.6 is 0 Å². The van der Waals surface area contributed by atoms with Crippen LogP contribution in [0, 0.1) is 34.5 Å². The van der Waals surface area contributed by atoms with Crippen LogP contribution in [0.5, 0.6) is 0 Å². The molecule has 0 spiro atoms. The van der Waals surface area contributed by atoms with Crippen LogP contribution in [-0.4, -0.2) is 25.9 Å². The maximum Gasteiger partial charge on any atom is 0.0843 e. The highest BCUT2D eigenvalue weighted by Gasteiger charge is 2.61. The lowest BCUT2D eigenvalue weighted by molar-refractivity contribution is -0.0559. The number of ether oxygens (including phenoxy) is 2. The molecule has 1 heterocycles. The molecule has 0 N–H and O–H groups in total. The van der Waals surface area contributed by atoms with Gasteiger partial charge in [0.05, 0.1) is 18.8 Å². The number of epoxide rings is 1. The standard InChI is InChI=1S/C22H34O2/c1-21-10-8-15(23-3)12-14(21)4-5-16-17-6-7-19(20-13-24-20)22(17,2)11-9-18(16)21/h4,15-20H,5-13H2,1-3H3/t15?,16-,17-,18-,19+,20?,21-,22-/m0/s1. The van der Waals surface area contributed by atoms with E-state index in [-0.39, 0.29) is 0 Å². The van der Waals surface area contributed by atoms with Crippen molar-refractivity contribution in [2.45, 2.75) is 77.4 Å². The van der Waals surface area contributed by atoms with Gasteiger partial charge in [0, 0.05) is 7.11 Å². The quantitative estimate of drug-likeness (QED) is 0.526. The van der Waals surface area contributed by atoms with Crippen molar-refractivity contribution in [2.24, 2.45) is 34.5 Å². The molecule has 0 amide bonds. The van der Waals surface area contributed by atoms with Crippen LogP contribution in [0.3, 0.4) is 0 Å². The van der Waals surface area contributed by atoms with Gasteiger partial charge in [-0.2, -0.15) is 0 Å². The number of fused-ring (bicyclic) bond motifs is 5. The van der Waals surface area contributed by atoms with Gasteiger partial charge in [0.2, 0.25) is 0 Å². The Morgan fingerprint density at radius 1 is 1.04 bits per heavy atom. The van der Waals surface area contributed by atoms with Crippen molar-refractivity contribution in [1.29, 1.82) is 0 Å². The maximum atomic E-state index is 5.75. The largest absolute Gasteiger partial charge is 0.381 e. The Labute approximate surface area is 147 Å². The normalized spacial score (nSPS) is 56.0. The Kier molecular flexibility index (Phi) is 3.53. The lowest BCUT2D eigenvalue weighted by Gasteiger charge is -2.58. The molecule has 0 aromatic rings. The van der Waals surface area contributed by atoms with E-state index in [4.69, 9.17) is 9.47 Å². The molecule has 5 rings (SSSR count). The highest BCUT2D eigenvalue weighted by Crippen LogP contribution is 2.67. The van der Waals surface area contributed by atoms with Gasteiger partial charge in [0.25, 0.3) is 0 Å². The first-order valence-corrected chi connectivity index (χ1v) is 10.4. The molecule has 24 heavy (non-hydrogen) atoms. The van der Waals surface area contributed by atoms with Gasteiger partial charge in [-0.1, -0.05) is 25.5 Å². The Bertz CT molecular complexity index is 550. The van der Waals surface area contributed by atoms with Gasteiger partial charge < -0.3 is 9.47 Å². The highest BCUT2D eigenvalue weighted by atomic mass is 16.6. The van der Waals surface area contributed by atoms with Crippen LogP contribution in [0.15, 0.2) is 11.6 Å². The monoisotopic (exact) mass is 330 g/mol. The molecular formula is C22H34O2. The fourth-order valence-corrected chi connectivity index (χ4v) is 7.77. The maximum absolute atomic E-state index is 5.75. The smallest absolute Gasteiger partial charge is 0.0843 e. The van der Waals surface area contributed by atoms with Crippen molar-refractivity contribution >= 4 is 0 Å². The summed E-state index contributed by atoms with van der Waals surface area (Å²) in [5.41, 5.74) is 2.77. The first-order valence-electron chi connectivity index (χ1n) is 10.4. The molecule has 1 aliphatic heterocycles. The van der Waals surface area contributed by atoms with Crippen LogP contribution in [0.4, 0.5) is 0 Å². The summed E-state index contributed by atoms with van der Waals surface area (Å²) in [4.78, 5) is 0. The van der Waals surface area contributed by atoms with E-state index in [2.05, 4.69) is 19.9 Å². The summed E-state index contributed by atoms with van der Waals surface area (Å²) in [6.07, 6.45) is 14.6. The van der Waals surface area contributed by atoms with E-state index in [1.807, 2.05) is 7.11 Å². The molecule has 134 valence electrons. The third-order valence-electron chi connectivity index (χ3n) is 9.27. The predicted octanol–water partition coefficient (Wildman–Crippen LogP) is 4.98. The second-order valence-electron chi connectivity index (χ2n) is 9.96. The van der Waals surface area contributed by atoms with E-state index < -0.39 is 0 Å². The van der Waals surface area contributed by atoms with Gasteiger partial charge in [-0.05, 0) is 85.9 Å². The van der Waals surface area contributed by atoms with Crippen molar-refractivity contribution < 1.29 is 9.47 Å². The van der Waals surface area contributed by atoms with E-state index >= 15 is 0 Å². The van der Waals surface area contributed by atoms with Crippen molar-refractivity contribution in [2.75, 3.05) is 13.7 Å². The van der Waals surface area contributed by atoms with E-state index in [0.717, 1.165) is 30.3 Å². The fraction of sp³-hybridized carbons (Fsp3) is 0.909. The Hall–Kier alpha value is -0.340. The topological polar surface area (TPSA) is 21.8 Å². The van der Waals surface area contributed by atoms with E-state index in [1.54, 1.807) is 5.57 Å². The lowest BCUT2D eigenvalue weighted by atomic mass is 9.47. The molecule has 1 saturated heterocycles. The number of hydrogen-bond donors (Lipinski definition) is 0. The number of hydrogen-bond acceptors (Lipinski definition) is 2. The molecule has 0 aromatic carbocycles. The molecule has 2 unspecified atom stereocenters. The van der Waals surface area contributed by atoms with E-state index in [9.17, 15) is 0 Å². The van der Waals surface area contributed by atoms with Crippen LogP contribution < -0.4 is 0 Å². The van der Waals surface area contributed by atoms with E-state index in [1.165, 1.54) is 51.4 Å². The fourth-order valence-electron chi connectivity index (χ4n) is 7.77. The second kappa shape index (κ2) is 5.33. The zero-order valence-electron chi connectivity index (χ0n) is 15.7. The second-order valence-corrected chi connectivity index (χ2v) is 9.96. The SMILES string of the molecule is COC1CC[C@@]2(C)C(=CC[C@H]3[C@@H]4CC[C@H](C5CO5)[C@@]4(C)CC[C@@H]32)C1. The van der Waals surface area contributed by atoms with Crippen LogP contribution in [-0.2, 0) is 9.47 Å². The minimum atomic E-state index is 0.466. The first kappa shape index (κ1) is 15.9. The summed E-state index contributed by atoms with van der Waals surface area (Å²) < 4.78 is 11.4. The molecule has 5 aliphatic rings. The molecule has 0 radical (unpaired) electrons. The molecule has 3 saturated carbocycles. The van der Waals surface area contributed by atoms with Gasteiger partial charge in [-0.3, -0.25) is 0 Å². The van der Waals surface area contributed by atoms with Crippen molar-refractivity contribution in [3.8, 4) is 0 Å². The lowest BCUT2D eigenvalue weighted by Crippen LogP contribution is -2.50. The number of allylic oxidation sites excluding steroid dienone is 1. The average Bonchev–Trinajstić information content (AvgIpc) is 3.35. The summed E-state index contributed by atoms with van der Waals surface area (Å²) >= 11 is 0. The van der Waals surface area contributed by atoms with Gasteiger partial charge in [0.1, 0.15) is 0 Å². The summed E-state index contributed by atoms with van der Waals surface area (Å²) in [6.45, 7) is 6.26. The van der Waals surface area contributed by atoms with Crippen LogP contribution in [0.1, 0.15) is 65.2 Å². The zero-order valence-corrected chi connectivity index (χ0v) is 15.7.